The summed E-state index contributed by atoms with van der Waals surface area (Å²) in [6, 6.07) is 1.67. The Hall–Kier alpha value is -3.86. The van der Waals surface area contributed by atoms with E-state index in [1.54, 1.807) is 25.6 Å². The van der Waals surface area contributed by atoms with E-state index >= 15 is 0 Å². The molecule has 0 amide bonds. The highest BCUT2D eigenvalue weighted by atomic mass is 35.5. The molecule has 0 saturated carbocycles. The molecule has 0 aromatic carbocycles. The number of rotatable bonds is 7. The van der Waals surface area contributed by atoms with Crippen LogP contribution in [0, 0.1) is 13.8 Å². The Labute approximate surface area is 200 Å². The average Bonchev–Trinajstić information content (AvgIpc) is 3.06. The Morgan fingerprint density at radius 3 is 2.35 bits per heavy atom. The molecule has 4 heterocycles. The number of ether oxygens (including phenoxy) is 3. The molecule has 0 atom stereocenters. The normalized spacial score (nSPS) is 11.1. The van der Waals surface area contributed by atoms with Crippen LogP contribution in [0.1, 0.15) is 22.5 Å². The molecular formula is C22H24ClN7O4. The fraction of sp³-hybridized carbons (Fsp3) is 0.318. The number of aromatic nitrogens is 6. The molecule has 0 unspecified atom stereocenters. The van der Waals surface area contributed by atoms with Crippen molar-refractivity contribution in [3.63, 3.8) is 0 Å². The molecule has 0 aliphatic carbocycles. The Bertz CT molecular complexity index is 1450. The van der Waals surface area contributed by atoms with E-state index < -0.39 is 0 Å². The van der Waals surface area contributed by atoms with Crippen molar-refractivity contribution in [1.82, 2.24) is 29.1 Å². The summed E-state index contributed by atoms with van der Waals surface area (Å²) in [4.78, 5) is 30.9. The summed E-state index contributed by atoms with van der Waals surface area (Å²) in [5.41, 5.74) is 8.92. The fourth-order valence-electron chi connectivity index (χ4n) is 3.97. The van der Waals surface area contributed by atoms with E-state index in [1.807, 2.05) is 13.8 Å². The monoisotopic (exact) mass is 485 g/mol. The van der Waals surface area contributed by atoms with Crippen LogP contribution in [0.15, 0.2) is 23.3 Å². The molecule has 2 N–H and O–H groups in total. The van der Waals surface area contributed by atoms with Crippen LogP contribution in [0.5, 0.6) is 17.2 Å². The zero-order chi connectivity index (χ0) is 24.6. The molecule has 4 rings (SSSR count). The highest BCUT2D eigenvalue weighted by Gasteiger charge is 2.23. The fourth-order valence-corrected chi connectivity index (χ4v) is 4.24. The van der Waals surface area contributed by atoms with Crippen LogP contribution in [0.3, 0.4) is 0 Å². The molecule has 0 saturated heterocycles. The second-order valence-electron chi connectivity index (χ2n) is 7.54. The smallest absolute Gasteiger partial charge is 0.331 e. The standard InChI is InChI=1S/C22H24ClN7O4/c1-11-8-26-13(12(2)17(11)33-4)9-30-20-16(19(23)27-21(24)28-20)29(22(30)31)10-14-18(34-5)15(32-3)6-7-25-14/h6-8H,9-10H2,1-5H3,(H2,24,27,28). The van der Waals surface area contributed by atoms with Crippen molar-refractivity contribution >= 4 is 28.7 Å². The average molecular weight is 486 g/mol. The quantitative estimate of drug-likeness (QED) is 0.391. The highest BCUT2D eigenvalue weighted by Crippen LogP contribution is 2.31. The molecule has 0 spiro atoms. The van der Waals surface area contributed by atoms with E-state index in [0.717, 1.165) is 11.1 Å². The molecular weight excluding hydrogens is 462 g/mol. The number of fused-ring (bicyclic) bond motifs is 1. The zero-order valence-electron chi connectivity index (χ0n) is 19.4. The molecule has 4 aromatic heterocycles. The van der Waals surface area contributed by atoms with Crippen LogP contribution in [-0.2, 0) is 13.1 Å². The van der Waals surface area contributed by atoms with Gasteiger partial charge in [-0.3, -0.25) is 19.1 Å². The topological polar surface area (TPSA) is 132 Å². The summed E-state index contributed by atoms with van der Waals surface area (Å²) >= 11 is 6.44. The number of nitrogens with two attached hydrogens (primary N) is 1. The first kappa shape index (κ1) is 23.3. The van der Waals surface area contributed by atoms with Crippen molar-refractivity contribution in [3.05, 3.63) is 56.6 Å². The summed E-state index contributed by atoms with van der Waals surface area (Å²) in [6.07, 6.45) is 3.27. The number of pyridine rings is 2. The van der Waals surface area contributed by atoms with Gasteiger partial charge in [0.05, 0.1) is 40.1 Å². The Morgan fingerprint density at radius 1 is 0.971 bits per heavy atom. The Balaban J connectivity index is 1.92. The van der Waals surface area contributed by atoms with Crippen molar-refractivity contribution in [2.45, 2.75) is 26.9 Å². The summed E-state index contributed by atoms with van der Waals surface area (Å²) in [5.74, 6) is 1.56. The third-order valence-corrected chi connectivity index (χ3v) is 5.82. The zero-order valence-corrected chi connectivity index (χ0v) is 20.2. The van der Waals surface area contributed by atoms with Crippen molar-refractivity contribution in [2.24, 2.45) is 0 Å². The second kappa shape index (κ2) is 9.18. The van der Waals surface area contributed by atoms with Gasteiger partial charge in [0.1, 0.15) is 17.0 Å². The van der Waals surface area contributed by atoms with E-state index in [-0.39, 0.29) is 35.5 Å². The van der Waals surface area contributed by atoms with Gasteiger partial charge in [0.15, 0.2) is 22.3 Å². The SMILES string of the molecule is COc1ccnc(Cn2c(=O)n(Cc3ncc(C)c(OC)c3C)c3nc(N)nc(Cl)c32)c1OC. The number of nitrogens with zero attached hydrogens (tertiary/aromatic N) is 6. The van der Waals surface area contributed by atoms with Crippen molar-refractivity contribution in [3.8, 4) is 17.2 Å². The van der Waals surface area contributed by atoms with Crippen LogP contribution < -0.4 is 25.6 Å². The number of imidazole rings is 1. The summed E-state index contributed by atoms with van der Waals surface area (Å²) in [5, 5.41) is 0.0476. The molecule has 11 nitrogen and oxygen atoms in total. The van der Waals surface area contributed by atoms with E-state index in [1.165, 1.54) is 23.4 Å². The Kier molecular flexibility index (Phi) is 6.29. The minimum absolute atomic E-state index is 0.0410. The van der Waals surface area contributed by atoms with Gasteiger partial charge in [-0.15, -0.1) is 0 Å². The van der Waals surface area contributed by atoms with E-state index in [2.05, 4.69) is 19.9 Å². The van der Waals surface area contributed by atoms with Gasteiger partial charge in [-0.05, 0) is 13.8 Å². The van der Waals surface area contributed by atoms with Gasteiger partial charge in [0.2, 0.25) is 5.95 Å². The lowest BCUT2D eigenvalue weighted by Gasteiger charge is -2.12. The molecule has 178 valence electrons. The molecule has 0 bridgehead atoms. The predicted octanol–water partition coefficient (Wildman–Crippen LogP) is 2.36. The van der Waals surface area contributed by atoms with Crippen molar-refractivity contribution in [1.29, 1.82) is 0 Å². The summed E-state index contributed by atoms with van der Waals surface area (Å²) in [7, 11) is 4.63. The minimum atomic E-state index is -0.385. The van der Waals surface area contributed by atoms with Crippen LogP contribution in [-0.4, -0.2) is 50.4 Å². The predicted molar refractivity (Wildman–Crippen MR) is 127 cm³/mol. The molecule has 0 fully saturated rings. The molecule has 0 aliphatic rings. The third-order valence-electron chi connectivity index (χ3n) is 5.56. The van der Waals surface area contributed by atoms with E-state index in [4.69, 9.17) is 31.5 Å². The van der Waals surface area contributed by atoms with Gasteiger partial charge in [0, 0.05) is 29.6 Å². The largest absolute Gasteiger partial charge is 0.496 e. The molecule has 12 heteroatoms. The summed E-state index contributed by atoms with van der Waals surface area (Å²) < 4.78 is 19.2. The first-order chi connectivity index (χ1) is 16.3. The number of aryl methyl sites for hydroxylation is 1. The lowest BCUT2D eigenvalue weighted by molar-refractivity contribution is 0.348. The lowest BCUT2D eigenvalue weighted by Crippen LogP contribution is -2.26. The van der Waals surface area contributed by atoms with Gasteiger partial charge in [-0.25, -0.2) is 4.79 Å². The van der Waals surface area contributed by atoms with Crippen LogP contribution >= 0.6 is 11.6 Å². The minimum Gasteiger partial charge on any atom is -0.496 e. The maximum atomic E-state index is 13.6. The molecule has 4 aromatic rings. The van der Waals surface area contributed by atoms with Gasteiger partial charge in [-0.1, -0.05) is 11.6 Å². The number of hydrogen-bond acceptors (Lipinski definition) is 9. The van der Waals surface area contributed by atoms with E-state index in [0.29, 0.717) is 34.2 Å². The lowest BCUT2D eigenvalue weighted by atomic mass is 10.1. The van der Waals surface area contributed by atoms with Crippen LogP contribution in [0.2, 0.25) is 5.15 Å². The maximum Gasteiger partial charge on any atom is 0.331 e. The number of nitrogen functional groups attached to an aromatic ring is 1. The molecule has 0 aliphatic heterocycles. The molecule has 0 radical (unpaired) electrons. The number of hydrogen-bond donors (Lipinski definition) is 1. The van der Waals surface area contributed by atoms with Gasteiger partial charge in [-0.2, -0.15) is 9.97 Å². The van der Waals surface area contributed by atoms with Gasteiger partial charge in [0.25, 0.3) is 0 Å². The van der Waals surface area contributed by atoms with Crippen LogP contribution in [0.25, 0.3) is 11.2 Å². The third kappa shape index (κ3) is 3.87. The number of anilines is 1. The van der Waals surface area contributed by atoms with Crippen LogP contribution in [0.4, 0.5) is 5.95 Å². The Morgan fingerprint density at radius 2 is 1.68 bits per heavy atom. The van der Waals surface area contributed by atoms with Crippen molar-refractivity contribution in [2.75, 3.05) is 27.1 Å². The first-order valence-corrected chi connectivity index (χ1v) is 10.6. The van der Waals surface area contributed by atoms with Crippen molar-refractivity contribution < 1.29 is 14.2 Å². The highest BCUT2D eigenvalue weighted by molar-refractivity contribution is 6.33. The van der Waals surface area contributed by atoms with E-state index in [9.17, 15) is 4.79 Å². The first-order valence-electron chi connectivity index (χ1n) is 10.3. The summed E-state index contributed by atoms with van der Waals surface area (Å²) in [6.45, 7) is 3.96. The van der Waals surface area contributed by atoms with Gasteiger partial charge < -0.3 is 19.9 Å². The van der Waals surface area contributed by atoms with Gasteiger partial charge >= 0.3 is 5.69 Å². The maximum absolute atomic E-state index is 13.6. The molecule has 34 heavy (non-hydrogen) atoms. The number of methoxy groups -OCH3 is 3. The number of halogens is 1. The second-order valence-corrected chi connectivity index (χ2v) is 7.90.